The average molecular weight is 639 g/mol. The van der Waals surface area contributed by atoms with Gasteiger partial charge in [0.25, 0.3) is 0 Å². The van der Waals surface area contributed by atoms with Crippen LogP contribution in [0.2, 0.25) is 0 Å². The van der Waals surface area contributed by atoms with Gasteiger partial charge in [-0.15, -0.1) is 0 Å². The van der Waals surface area contributed by atoms with Gasteiger partial charge in [-0.05, 0) is 41.5 Å². The first-order valence-electron chi connectivity index (χ1n) is 14.7. The predicted octanol–water partition coefficient (Wildman–Crippen LogP) is 8.77. The first-order chi connectivity index (χ1) is 23.2. The van der Waals surface area contributed by atoms with Crippen LogP contribution in [0.15, 0.2) is 93.8 Å². The van der Waals surface area contributed by atoms with Crippen molar-refractivity contribution in [1.82, 2.24) is 0 Å². The minimum atomic E-state index is -1.05. The highest BCUT2D eigenvalue weighted by molar-refractivity contribution is 6.31. The molecule has 0 amide bonds. The van der Waals surface area contributed by atoms with E-state index >= 15 is 0 Å². The van der Waals surface area contributed by atoms with E-state index in [-0.39, 0.29) is 38.2 Å². The Hall–Kier alpha value is -6.94. The Bertz CT molecular complexity index is 2800. The van der Waals surface area contributed by atoms with Crippen molar-refractivity contribution in [1.29, 1.82) is 0 Å². The highest BCUT2D eigenvalue weighted by atomic mass is 16.4. The number of furan rings is 2. The molecule has 9 rings (SSSR count). The lowest BCUT2D eigenvalue weighted by Gasteiger charge is -2.22. The second-order valence-electron chi connectivity index (χ2n) is 11.6. The number of hydrogen-bond acceptors (Lipinski definition) is 10. The van der Waals surface area contributed by atoms with Gasteiger partial charge in [-0.1, -0.05) is 54.6 Å². The second-order valence-corrected chi connectivity index (χ2v) is 11.6. The summed E-state index contributed by atoms with van der Waals surface area (Å²) in [5.41, 5.74) is 2.37. The molecule has 0 fully saturated rings. The van der Waals surface area contributed by atoms with Crippen LogP contribution in [0.25, 0.3) is 87.7 Å². The molecule has 0 saturated carbocycles. The molecule has 234 valence electrons. The van der Waals surface area contributed by atoms with Crippen molar-refractivity contribution in [2.75, 3.05) is 0 Å². The van der Waals surface area contributed by atoms with Crippen molar-refractivity contribution in [3.63, 3.8) is 0 Å². The van der Waals surface area contributed by atoms with Gasteiger partial charge in [0.05, 0.1) is 0 Å². The number of para-hydroxylation sites is 2. The minimum Gasteiger partial charge on any atom is -0.504 e. The molecule has 0 bridgehead atoms. The van der Waals surface area contributed by atoms with Gasteiger partial charge in [-0.2, -0.15) is 0 Å². The zero-order chi connectivity index (χ0) is 33.2. The van der Waals surface area contributed by atoms with Gasteiger partial charge < -0.3 is 49.7 Å². The number of aromatic hydroxyl groups is 8. The van der Waals surface area contributed by atoms with Gasteiger partial charge in [-0.25, -0.2) is 0 Å². The van der Waals surface area contributed by atoms with Crippen molar-refractivity contribution in [3.05, 3.63) is 84.9 Å². The van der Waals surface area contributed by atoms with Crippen molar-refractivity contribution >= 4 is 65.4 Å². The molecule has 0 unspecified atom stereocenters. The van der Waals surface area contributed by atoms with E-state index in [0.29, 0.717) is 38.7 Å². The molecule has 0 spiro atoms. The molecular formula is C38H22O10. The number of phenolic OH excluding ortho intramolecular Hbond substituents is 8. The van der Waals surface area contributed by atoms with Crippen molar-refractivity contribution in [2.24, 2.45) is 0 Å². The maximum absolute atomic E-state index is 11.6. The Morgan fingerprint density at radius 2 is 0.792 bits per heavy atom. The summed E-state index contributed by atoms with van der Waals surface area (Å²) in [6.07, 6.45) is 0. The summed E-state index contributed by atoms with van der Waals surface area (Å²) in [4.78, 5) is 0. The highest BCUT2D eigenvalue weighted by Crippen LogP contribution is 2.62. The Labute approximate surface area is 268 Å². The molecule has 48 heavy (non-hydrogen) atoms. The van der Waals surface area contributed by atoms with Gasteiger partial charge in [0.2, 0.25) is 23.0 Å². The van der Waals surface area contributed by atoms with Gasteiger partial charge in [0.1, 0.15) is 22.3 Å². The maximum atomic E-state index is 11.6. The molecule has 0 aliphatic carbocycles. The van der Waals surface area contributed by atoms with Crippen molar-refractivity contribution in [3.8, 4) is 68.2 Å². The summed E-state index contributed by atoms with van der Waals surface area (Å²) < 4.78 is 12.2. The lowest BCUT2D eigenvalue weighted by atomic mass is 9.82. The molecule has 7 aromatic carbocycles. The summed E-state index contributed by atoms with van der Waals surface area (Å²) in [6.45, 7) is 0. The van der Waals surface area contributed by atoms with Crippen LogP contribution in [-0.2, 0) is 0 Å². The lowest BCUT2D eigenvalue weighted by Crippen LogP contribution is -1.95. The first kappa shape index (κ1) is 27.4. The Morgan fingerprint density at radius 3 is 1.40 bits per heavy atom. The molecule has 0 radical (unpaired) electrons. The number of hydrogen-bond donors (Lipinski definition) is 8. The van der Waals surface area contributed by atoms with Crippen molar-refractivity contribution in [2.45, 2.75) is 0 Å². The van der Waals surface area contributed by atoms with Gasteiger partial charge in [0.15, 0.2) is 23.0 Å². The number of fused-ring (bicyclic) bond motifs is 8. The van der Waals surface area contributed by atoms with E-state index in [9.17, 15) is 40.9 Å². The third-order valence-corrected chi connectivity index (χ3v) is 9.13. The number of benzene rings is 7. The summed E-state index contributed by atoms with van der Waals surface area (Å²) in [5.74, 6) is -7.63. The largest absolute Gasteiger partial charge is 0.504 e. The monoisotopic (exact) mass is 638 g/mol. The predicted molar refractivity (Wildman–Crippen MR) is 180 cm³/mol. The zero-order valence-electron chi connectivity index (χ0n) is 24.5. The fraction of sp³-hybridized carbons (Fsp3) is 0. The smallest absolute Gasteiger partial charge is 0.204 e. The molecular weight excluding hydrogens is 616 g/mol. The zero-order valence-corrected chi connectivity index (χ0v) is 24.5. The van der Waals surface area contributed by atoms with E-state index < -0.39 is 46.0 Å². The first-order valence-corrected chi connectivity index (χ1v) is 14.7. The highest BCUT2D eigenvalue weighted by Gasteiger charge is 2.33. The third-order valence-electron chi connectivity index (χ3n) is 9.13. The topological polar surface area (TPSA) is 188 Å². The van der Waals surface area contributed by atoms with Crippen LogP contribution < -0.4 is 0 Å². The number of phenols is 8. The normalized spacial score (nSPS) is 12.0. The fourth-order valence-corrected chi connectivity index (χ4v) is 7.04. The molecule has 10 heteroatoms. The molecule has 0 atom stereocenters. The number of rotatable bonds is 2. The quantitative estimate of drug-likeness (QED) is 0.0516. The summed E-state index contributed by atoms with van der Waals surface area (Å²) in [7, 11) is 0. The summed E-state index contributed by atoms with van der Waals surface area (Å²) in [6, 6.07) is 24.5. The van der Waals surface area contributed by atoms with Crippen molar-refractivity contribution < 1.29 is 49.7 Å². The Balaban J connectivity index is 1.57. The lowest BCUT2D eigenvalue weighted by molar-refractivity contribution is 0.350. The second kappa shape index (κ2) is 9.30. The van der Waals surface area contributed by atoms with Crippen LogP contribution in [0.5, 0.6) is 46.0 Å². The minimum absolute atomic E-state index is 0.0584. The summed E-state index contributed by atoms with van der Waals surface area (Å²) >= 11 is 0. The SMILES string of the molecule is Oc1c(O)c(O)c2c(-c3cccc4oc5ccccc5c34)c3c(O)c(O)c(O)c(O)c3c(-c3ccc4c(c3)oc3ccccc34)c2c1O. The molecule has 10 nitrogen and oxygen atoms in total. The van der Waals surface area contributed by atoms with E-state index in [1.165, 1.54) is 0 Å². The van der Waals surface area contributed by atoms with E-state index in [1.54, 1.807) is 66.7 Å². The van der Waals surface area contributed by atoms with E-state index in [1.807, 2.05) is 18.2 Å². The van der Waals surface area contributed by atoms with Gasteiger partial charge in [0, 0.05) is 54.2 Å². The van der Waals surface area contributed by atoms with Gasteiger partial charge in [-0.3, -0.25) is 0 Å². The van der Waals surface area contributed by atoms with Crippen LogP contribution in [0.4, 0.5) is 0 Å². The standard InChI is InChI=1S/C38H22O10/c39-31-27-24(15-12-13-17-16-6-1-3-9-20(16)48-23(17)14-15)28-30(34(42)38(46)36(44)32(28)40)26(29(27)33(41)37(45)35(31)43)19-8-5-11-22-25(19)18-7-2-4-10-21(18)47-22/h1-14,39-46H. The van der Waals surface area contributed by atoms with E-state index in [2.05, 4.69) is 0 Å². The fourth-order valence-electron chi connectivity index (χ4n) is 7.04. The Morgan fingerprint density at radius 1 is 0.333 bits per heavy atom. The molecule has 0 aliphatic rings. The van der Waals surface area contributed by atoms with Crippen LogP contribution in [-0.4, -0.2) is 40.9 Å². The van der Waals surface area contributed by atoms with Crippen LogP contribution in [0.3, 0.4) is 0 Å². The molecule has 8 N–H and O–H groups in total. The summed E-state index contributed by atoms with van der Waals surface area (Å²) in [5, 5.41) is 91.6. The van der Waals surface area contributed by atoms with Gasteiger partial charge >= 0.3 is 0 Å². The van der Waals surface area contributed by atoms with Crippen LogP contribution >= 0.6 is 0 Å². The molecule has 2 aromatic heterocycles. The maximum Gasteiger partial charge on any atom is 0.204 e. The molecule has 2 heterocycles. The molecule has 9 aromatic rings. The average Bonchev–Trinajstić information content (AvgIpc) is 3.68. The third kappa shape index (κ3) is 3.34. The molecule has 0 aliphatic heterocycles. The van der Waals surface area contributed by atoms with E-state index in [0.717, 1.165) is 10.8 Å². The van der Waals surface area contributed by atoms with E-state index in [4.69, 9.17) is 8.83 Å². The Kier molecular flexibility index (Phi) is 5.31. The molecule has 0 saturated heterocycles. The van der Waals surface area contributed by atoms with Crippen LogP contribution in [0.1, 0.15) is 0 Å². The van der Waals surface area contributed by atoms with Crippen LogP contribution in [0, 0.1) is 0 Å².